The van der Waals surface area contributed by atoms with Crippen LogP contribution in [-0.4, -0.2) is 15.2 Å². The molecule has 0 saturated heterocycles. The minimum atomic E-state index is -0.129. The molecule has 118 valence electrons. The second kappa shape index (κ2) is 5.29. The summed E-state index contributed by atoms with van der Waals surface area (Å²) in [6.07, 6.45) is 8.53. The van der Waals surface area contributed by atoms with Crippen molar-refractivity contribution < 1.29 is 4.42 Å². The summed E-state index contributed by atoms with van der Waals surface area (Å²) in [5, 5.41) is 11.9. The van der Waals surface area contributed by atoms with Crippen molar-refractivity contribution in [3.63, 3.8) is 0 Å². The van der Waals surface area contributed by atoms with Gasteiger partial charge in [-0.05, 0) is 22.9 Å². The van der Waals surface area contributed by atoms with E-state index in [4.69, 9.17) is 4.42 Å². The van der Waals surface area contributed by atoms with Gasteiger partial charge in [-0.2, -0.15) is 5.10 Å². The molecule has 0 unspecified atom stereocenters. The van der Waals surface area contributed by atoms with Gasteiger partial charge in [0.15, 0.2) is 5.69 Å². The van der Waals surface area contributed by atoms with Gasteiger partial charge < -0.3 is 4.42 Å². The smallest absolute Gasteiger partial charge is 0.247 e. The summed E-state index contributed by atoms with van der Waals surface area (Å²) in [5.41, 5.74) is 2.83. The van der Waals surface area contributed by atoms with Crippen molar-refractivity contribution in [1.82, 2.24) is 15.2 Å². The highest BCUT2D eigenvalue weighted by Crippen LogP contribution is 2.45. The molecule has 0 aromatic carbocycles. The summed E-state index contributed by atoms with van der Waals surface area (Å²) in [7, 11) is 0. The molecule has 0 fully saturated rings. The molecule has 4 aromatic heterocycles. The number of aromatic amines is 1. The number of allylic oxidation sites excluding steroid dienone is 1. The molecule has 1 aliphatic carbocycles. The monoisotopic (exact) mass is 351 g/mol. The topological polar surface area (TPSA) is 54.7 Å². The highest BCUT2D eigenvalue weighted by Gasteiger charge is 2.38. The molecule has 4 nitrogen and oxygen atoms in total. The van der Waals surface area contributed by atoms with Crippen LogP contribution in [0.15, 0.2) is 58.0 Å². The fourth-order valence-corrected chi connectivity index (χ4v) is 5.20. The SMILES string of the molecule is C1=CC(c2cccs2)(c2cccs2)Cc2[nH]nc(-c3ncco3)c21. The fourth-order valence-electron chi connectivity index (χ4n) is 3.29. The molecule has 0 aliphatic heterocycles. The predicted octanol–water partition coefficient (Wildman–Crippen LogP) is 4.74. The van der Waals surface area contributed by atoms with Gasteiger partial charge in [0.05, 0.1) is 11.6 Å². The van der Waals surface area contributed by atoms with Gasteiger partial charge in [-0.25, -0.2) is 4.98 Å². The average Bonchev–Trinajstić information content (AvgIpc) is 3.43. The Labute approximate surface area is 146 Å². The lowest BCUT2D eigenvalue weighted by atomic mass is 9.76. The average molecular weight is 351 g/mol. The van der Waals surface area contributed by atoms with E-state index in [1.165, 1.54) is 9.75 Å². The van der Waals surface area contributed by atoms with Crippen molar-refractivity contribution in [3.05, 3.63) is 74.6 Å². The van der Waals surface area contributed by atoms with E-state index in [2.05, 4.69) is 62.4 Å². The first kappa shape index (κ1) is 13.9. The summed E-state index contributed by atoms with van der Waals surface area (Å²) >= 11 is 3.59. The third kappa shape index (κ3) is 1.96. The number of aromatic nitrogens is 3. The third-order valence-corrected chi connectivity index (χ3v) is 6.52. The molecule has 6 heteroatoms. The van der Waals surface area contributed by atoms with E-state index in [0.29, 0.717) is 5.89 Å². The molecule has 1 N–H and O–H groups in total. The van der Waals surface area contributed by atoms with Gasteiger partial charge >= 0.3 is 0 Å². The van der Waals surface area contributed by atoms with E-state index < -0.39 is 0 Å². The van der Waals surface area contributed by atoms with Crippen LogP contribution < -0.4 is 0 Å². The van der Waals surface area contributed by atoms with Crippen LogP contribution >= 0.6 is 22.7 Å². The second-order valence-corrected chi connectivity index (χ2v) is 7.63. The standard InChI is InChI=1S/C18H13N3OS2/c1-3-14(23-9-1)18(15-4-2-10-24-15)6-5-12-13(11-18)20-21-16(12)17-19-7-8-22-17/h1-10H,11H2,(H,20,21). The minimum Gasteiger partial charge on any atom is -0.443 e. The number of rotatable bonds is 3. The zero-order valence-electron chi connectivity index (χ0n) is 12.6. The maximum atomic E-state index is 5.42. The van der Waals surface area contributed by atoms with Gasteiger partial charge in [-0.3, -0.25) is 5.10 Å². The van der Waals surface area contributed by atoms with E-state index in [1.54, 1.807) is 35.1 Å². The number of hydrogen-bond acceptors (Lipinski definition) is 5. The van der Waals surface area contributed by atoms with Crippen LogP contribution in [0.2, 0.25) is 0 Å². The van der Waals surface area contributed by atoms with E-state index in [0.717, 1.165) is 23.4 Å². The molecule has 0 amide bonds. The number of nitrogens with one attached hydrogen (secondary N) is 1. The molecule has 5 rings (SSSR count). The van der Waals surface area contributed by atoms with Crippen LogP contribution in [-0.2, 0) is 11.8 Å². The Bertz CT molecular complexity index is 945. The molecule has 4 aromatic rings. The largest absolute Gasteiger partial charge is 0.443 e. The normalized spacial score (nSPS) is 15.5. The first-order valence-corrected chi connectivity index (χ1v) is 9.37. The first-order valence-electron chi connectivity index (χ1n) is 7.61. The minimum absolute atomic E-state index is 0.129. The van der Waals surface area contributed by atoms with E-state index in [9.17, 15) is 0 Å². The Morgan fingerprint density at radius 2 is 1.92 bits per heavy atom. The molecule has 0 bridgehead atoms. The lowest BCUT2D eigenvalue weighted by molar-refractivity contribution is 0.571. The number of hydrogen-bond donors (Lipinski definition) is 1. The van der Waals surface area contributed by atoms with Crippen molar-refractivity contribution in [1.29, 1.82) is 0 Å². The Morgan fingerprint density at radius 3 is 2.54 bits per heavy atom. The Hall–Kier alpha value is -2.44. The maximum Gasteiger partial charge on any atom is 0.247 e. The van der Waals surface area contributed by atoms with Gasteiger partial charge in [0, 0.05) is 27.4 Å². The zero-order chi connectivity index (χ0) is 16.0. The summed E-state index contributed by atoms with van der Waals surface area (Å²) in [6.45, 7) is 0. The van der Waals surface area contributed by atoms with Crippen LogP contribution in [0.4, 0.5) is 0 Å². The van der Waals surface area contributed by atoms with Crippen molar-refractivity contribution in [2.24, 2.45) is 0 Å². The third-order valence-electron chi connectivity index (χ3n) is 4.43. The van der Waals surface area contributed by atoms with Crippen LogP contribution in [0.1, 0.15) is 21.0 Å². The lowest BCUT2D eigenvalue weighted by Crippen LogP contribution is -2.28. The Morgan fingerprint density at radius 1 is 1.12 bits per heavy atom. The molecule has 0 spiro atoms. The first-order chi connectivity index (χ1) is 11.9. The molecule has 24 heavy (non-hydrogen) atoms. The van der Waals surface area contributed by atoms with E-state index >= 15 is 0 Å². The van der Waals surface area contributed by atoms with Crippen molar-refractivity contribution in [2.45, 2.75) is 11.8 Å². The second-order valence-electron chi connectivity index (χ2n) is 5.74. The highest BCUT2D eigenvalue weighted by atomic mass is 32.1. The molecule has 0 atom stereocenters. The number of H-pyrrole nitrogens is 1. The summed E-state index contributed by atoms with van der Waals surface area (Å²) in [5.74, 6) is 0.553. The van der Waals surface area contributed by atoms with Gasteiger partial charge in [0.2, 0.25) is 5.89 Å². The molecular formula is C18H13N3OS2. The van der Waals surface area contributed by atoms with E-state index in [-0.39, 0.29) is 5.41 Å². The number of fused-ring (bicyclic) bond motifs is 1. The summed E-state index contributed by atoms with van der Waals surface area (Å²) in [4.78, 5) is 6.92. The summed E-state index contributed by atoms with van der Waals surface area (Å²) < 4.78 is 5.42. The van der Waals surface area contributed by atoms with Crippen molar-refractivity contribution >= 4 is 28.7 Å². The van der Waals surface area contributed by atoms with Crippen LogP contribution in [0, 0.1) is 0 Å². The molecule has 0 radical (unpaired) electrons. The molecule has 0 saturated carbocycles. The number of nitrogens with zero attached hydrogens (tertiary/aromatic N) is 2. The van der Waals surface area contributed by atoms with Crippen LogP contribution in [0.3, 0.4) is 0 Å². The Kier molecular flexibility index (Phi) is 3.08. The van der Waals surface area contributed by atoms with Crippen molar-refractivity contribution in [2.75, 3.05) is 0 Å². The summed E-state index contributed by atoms with van der Waals surface area (Å²) in [6, 6.07) is 8.66. The molecule has 1 aliphatic rings. The van der Waals surface area contributed by atoms with Gasteiger partial charge in [-0.15, -0.1) is 22.7 Å². The van der Waals surface area contributed by atoms with Crippen LogP contribution in [0.25, 0.3) is 17.7 Å². The van der Waals surface area contributed by atoms with Gasteiger partial charge in [0.25, 0.3) is 0 Å². The fraction of sp³-hybridized carbons (Fsp3) is 0.111. The quantitative estimate of drug-likeness (QED) is 0.580. The van der Waals surface area contributed by atoms with Gasteiger partial charge in [-0.1, -0.05) is 24.3 Å². The number of thiophene rings is 2. The number of oxazole rings is 1. The Balaban J connectivity index is 1.66. The lowest BCUT2D eigenvalue weighted by Gasteiger charge is -2.31. The predicted molar refractivity (Wildman–Crippen MR) is 96.2 cm³/mol. The zero-order valence-corrected chi connectivity index (χ0v) is 14.2. The highest BCUT2D eigenvalue weighted by molar-refractivity contribution is 7.11. The van der Waals surface area contributed by atoms with E-state index in [1.807, 2.05) is 0 Å². The van der Waals surface area contributed by atoms with Crippen molar-refractivity contribution in [3.8, 4) is 11.6 Å². The van der Waals surface area contributed by atoms with Crippen LogP contribution in [0.5, 0.6) is 0 Å². The molecular weight excluding hydrogens is 338 g/mol. The van der Waals surface area contributed by atoms with Gasteiger partial charge in [0.1, 0.15) is 6.26 Å². The molecule has 4 heterocycles. The maximum absolute atomic E-state index is 5.42.